The monoisotopic (exact) mass is 359 g/mol. The summed E-state index contributed by atoms with van der Waals surface area (Å²) in [5.41, 5.74) is 0.437. The number of urea groups is 1. The third-order valence-electron chi connectivity index (χ3n) is 3.35. The number of carbonyl (C=O) groups is 3. The van der Waals surface area contributed by atoms with E-state index in [9.17, 15) is 14.4 Å². The Bertz CT molecular complexity index is 638. The van der Waals surface area contributed by atoms with Gasteiger partial charge in [-0.2, -0.15) is 0 Å². The normalized spacial score (nSPS) is 17.4. The first-order valence-electron chi connectivity index (χ1n) is 6.79. The number of hydrogen-bond acceptors (Lipinski definition) is 4. The van der Waals surface area contributed by atoms with Crippen molar-refractivity contribution in [2.75, 3.05) is 25.5 Å². The number of benzene rings is 1. The Labute approximate surface area is 142 Å². The molecule has 0 aliphatic carbocycles. The summed E-state index contributed by atoms with van der Waals surface area (Å²) in [5.74, 6) is -0.967. The third kappa shape index (κ3) is 4.27. The van der Waals surface area contributed by atoms with E-state index in [2.05, 4.69) is 15.4 Å². The molecule has 1 aliphatic heterocycles. The zero-order valence-electron chi connectivity index (χ0n) is 12.3. The van der Waals surface area contributed by atoms with E-state index in [0.29, 0.717) is 22.3 Å². The van der Waals surface area contributed by atoms with Gasteiger partial charge in [0.1, 0.15) is 6.04 Å². The molecule has 0 aromatic heterocycles. The van der Waals surface area contributed by atoms with E-state index in [4.69, 9.17) is 23.2 Å². The smallest absolute Gasteiger partial charge is 0.322 e. The van der Waals surface area contributed by atoms with E-state index in [1.807, 2.05) is 0 Å². The molecule has 1 aliphatic rings. The van der Waals surface area contributed by atoms with Gasteiger partial charge in [-0.15, -0.1) is 0 Å². The lowest BCUT2D eigenvalue weighted by Gasteiger charge is -2.34. The van der Waals surface area contributed by atoms with Gasteiger partial charge in [0.05, 0.1) is 23.6 Å². The lowest BCUT2D eigenvalue weighted by atomic mass is 10.1. The topological polar surface area (TPSA) is 87.7 Å². The van der Waals surface area contributed by atoms with Gasteiger partial charge < -0.3 is 20.3 Å². The summed E-state index contributed by atoms with van der Waals surface area (Å²) in [4.78, 5) is 37.1. The van der Waals surface area contributed by atoms with E-state index in [1.54, 1.807) is 12.1 Å². The highest BCUT2D eigenvalue weighted by Gasteiger charge is 2.35. The van der Waals surface area contributed by atoms with Gasteiger partial charge in [0.2, 0.25) is 5.91 Å². The summed E-state index contributed by atoms with van der Waals surface area (Å²) in [5, 5.41) is 5.92. The van der Waals surface area contributed by atoms with Crippen LogP contribution in [0.15, 0.2) is 18.2 Å². The number of esters is 1. The number of nitrogens with one attached hydrogen (secondary N) is 2. The lowest BCUT2D eigenvalue weighted by Crippen LogP contribution is -2.58. The maximum atomic E-state index is 12.4. The van der Waals surface area contributed by atoms with Crippen molar-refractivity contribution in [1.82, 2.24) is 10.2 Å². The predicted molar refractivity (Wildman–Crippen MR) is 85.6 cm³/mol. The number of hydrogen-bond donors (Lipinski definition) is 2. The summed E-state index contributed by atoms with van der Waals surface area (Å²) in [6, 6.07) is 3.21. The van der Waals surface area contributed by atoms with Gasteiger partial charge in [-0.3, -0.25) is 9.59 Å². The Kier molecular flexibility index (Phi) is 5.68. The molecule has 124 valence electrons. The highest BCUT2D eigenvalue weighted by Crippen LogP contribution is 2.25. The molecule has 1 atom stereocenters. The first kappa shape index (κ1) is 17.4. The van der Waals surface area contributed by atoms with Crippen LogP contribution < -0.4 is 10.6 Å². The molecule has 7 nitrogen and oxygen atoms in total. The van der Waals surface area contributed by atoms with Crippen LogP contribution >= 0.6 is 23.2 Å². The highest BCUT2D eigenvalue weighted by atomic mass is 35.5. The number of piperazine rings is 1. The Morgan fingerprint density at radius 2 is 2.13 bits per heavy atom. The van der Waals surface area contributed by atoms with Crippen molar-refractivity contribution in [3.63, 3.8) is 0 Å². The summed E-state index contributed by atoms with van der Waals surface area (Å²) in [6.45, 7) is 0.589. The molecular weight excluding hydrogens is 345 g/mol. The second-order valence-corrected chi connectivity index (χ2v) is 5.65. The quantitative estimate of drug-likeness (QED) is 0.806. The molecule has 3 amide bonds. The average Bonchev–Trinajstić information content (AvgIpc) is 2.52. The minimum absolute atomic E-state index is 0.211. The molecule has 1 aromatic carbocycles. The number of ether oxygens (including phenoxy) is 1. The fourth-order valence-corrected chi connectivity index (χ4v) is 2.47. The van der Waals surface area contributed by atoms with E-state index in [0.717, 1.165) is 0 Å². The largest absolute Gasteiger partial charge is 0.469 e. The minimum Gasteiger partial charge on any atom is -0.469 e. The number of amides is 3. The molecule has 0 spiro atoms. The lowest BCUT2D eigenvalue weighted by molar-refractivity contribution is -0.145. The molecule has 0 bridgehead atoms. The molecule has 1 fully saturated rings. The number of anilines is 1. The van der Waals surface area contributed by atoms with Crippen LogP contribution in [0, 0.1) is 0 Å². The van der Waals surface area contributed by atoms with Crippen molar-refractivity contribution < 1.29 is 19.1 Å². The van der Waals surface area contributed by atoms with Gasteiger partial charge in [0, 0.05) is 18.8 Å². The number of carbonyl (C=O) groups excluding carboxylic acids is 3. The third-order valence-corrected chi connectivity index (χ3v) is 4.09. The summed E-state index contributed by atoms with van der Waals surface area (Å²) < 4.78 is 4.57. The van der Waals surface area contributed by atoms with Gasteiger partial charge in [-0.25, -0.2) is 4.79 Å². The molecule has 2 rings (SSSR count). The zero-order chi connectivity index (χ0) is 17.0. The van der Waals surface area contributed by atoms with Crippen LogP contribution in [0.5, 0.6) is 0 Å². The zero-order valence-corrected chi connectivity index (χ0v) is 13.8. The Hall–Kier alpha value is -1.99. The molecule has 9 heteroatoms. The number of halogens is 2. The van der Waals surface area contributed by atoms with Crippen LogP contribution in [0.25, 0.3) is 0 Å². The maximum absolute atomic E-state index is 12.4. The predicted octanol–water partition coefficient (Wildman–Crippen LogP) is 1.89. The van der Waals surface area contributed by atoms with Crippen LogP contribution in [-0.4, -0.2) is 49.0 Å². The van der Waals surface area contributed by atoms with Crippen LogP contribution in [0.3, 0.4) is 0 Å². The minimum atomic E-state index is -0.918. The highest BCUT2D eigenvalue weighted by molar-refractivity contribution is 6.42. The van der Waals surface area contributed by atoms with Crippen molar-refractivity contribution in [3.8, 4) is 0 Å². The van der Waals surface area contributed by atoms with Crippen molar-refractivity contribution >= 4 is 46.8 Å². The molecule has 2 N–H and O–H groups in total. The standard InChI is InChI=1S/C14H15Cl2N3O4/c1-23-12(20)7-11-13(21)17-4-5-19(11)14(22)18-8-2-3-9(15)10(16)6-8/h2-3,6,11H,4-5,7H2,1H3,(H,17,21)(H,18,22)/t11-/m0/s1. The van der Waals surface area contributed by atoms with Crippen LogP contribution in [0.1, 0.15) is 6.42 Å². The first-order chi connectivity index (χ1) is 10.9. The van der Waals surface area contributed by atoms with Gasteiger partial charge >= 0.3 is 12.0 Å². The van der Waals surface area contributed by atoms with Crippen LogP contribution in [-0.2, 0) is 14.3 Å². The molecule has 0 saturated carbocycles. The molecule has 0 radical (unpaired) electrons. The van der Waals surface area contributed by atoms with Gasteiger partial charge in [-0.05, 0) is 18.2 Å². The Morgan fingerprint density at radius 1 is 1.39 bits per heavy atom. The van der Waals surface area contributed by atoms with Crippen molar-refractivity contribution in [2.24, 2.45) is 0 Å². The Morgan fingerprint density at radius 3 is 2.78 bits per heavy atom. The number of nitrogens with zero attached hydrogens (tertiary/aromatic N) is 1. The van der Waals surface area contributed by atoms with Gasteiger partial charge in [-0.1, -0.05) is 23.2 Å². The fourth-order valence-electron chi connectivity index (χ4n) is 2.17. The molecule has 1 saturated heterocycles. The Balaban J connectivity index is 2.12. The van der Waals surface area contributed by atoms with E-state index < -0.39 is 23.9 Å². The first-order valence-corrected chi connectivity index (χ1v) is 7.55. The maximum Gasteiger partial charge on any atom is 0.322 e. The van der Waals surface area contributed by atoms with Crippen molar-refractivity contribution in [1.29, 1.82) is 0 Å². The van der Waals surface area contributed by atoms with Crippen LogP contribution in [0.4, 0.5) is 10.5 Å². The average molecular weight is 360 g/mol. The van der Waals surface area contributed by atoms with Crippen molar-refractivity contribution in [2.45, 2.75) is 12.5 Å². The van der Waals surface area contributed by atoms with Crippen molar-refractivity contribution in [3.05, 3.63) is 28.2 Å². The molecule has 0 unspecified atom stereocenters. The molecular formula is C14H15Cl2N3O4. The number of methoxy groups -OCH3 is 1. The van der Waals surface area contributed by atoms with E-state index >= 15 is 0 Å². The van der Waals surface area contributed by atoms with E-state index in [1.165, 1.54) is 18.1 Å². The molecule has 1 aromatic rings. The summed E-state index contributed by atoms with van der Waals surface area (Å²) in [6.07, 6.45) is -0.211. The fraction of sp³-hybridized carbons (Fsp3) is 0.357. The van der Waals surface area contributed by atoms with E-state index in [-0.39, 0.29) is 13.0 Å². The SMILES string of the molecule is COC(=O)C[C@H]1C(=O)NCCN1C(=O)Nc1ccc(Cl)c(Cl)c1. The second kappa shape index (κ2) is 7.52. The second-order valence-electron chi connectivity index (χ2n) is 4.84. The summed E-state index contributed by atoms with van der Waals surface area (Å²) in [7, 11) is 1.23. The van der Waals surface area contributed by atoms with Gasteiger partial charge in [0.25, 0.3) is 0 Å². The number of rotatable bonds is 3. The van der Waals surface area contributed by atoms with Gasteiger partial charge in [0.15, 0.2) is 0 Å². The molecule has 1 heterocycles. The summed E-state index contributed by atoms with van der Waals surface area (Å²) >= 11 is 11.7. The molecule has 23 heavy (non-hydrogen) atoms. The van der Waals surface area contributed by atoms with Crippen LogP contribution in [0.2, 0.25) is 10.0 Å².